The molecule has 0 radical (unpaired) electrons. The molecule has 1 atom stereocenters. The van der Waals surface area contributed by atoms with E-state index in [4.69, 9.17) is 10.8 Å². The van der Waals surface area contributed by atoms with E-state index in [1.54, 1.807) is 18.2 Å². The second-order valence-electron chi connectivity index (χ2n) is 8.42. The zero-order valence-corrected chi connectivity index (χ0v) is 18.8. The second-order valence-corrected chi connectivity index (χ2v) is 8.42. The summed E-state index contributed by atoms with van der Waals surface area (Å²) >= 11 is 0. The van der Waals surface area contributed by atoms with Crippen molar-refractivity contribution in [3.05, 3.63) is 34.9 Å². The van der Waals surface area contributed by atoms with E-state index in [0.717, 1.165) is 49.4 Å². The maximum absolute atomic E-state index is 12.9. The predicted molar refractivity (Wildman–Crippen MR) is 121 cm³/mol. The molecule has 33 heavy (non-hydrogen) atoms. The molecular weight excluding hydrogens is 426 g/mol. The highest BCUT2D eigenvalue weighted by Crippen LogP contribution is 2.28. The van der Waals surface area contributed by atoms with Gasteiger partial charge in [-0.15, -0.1) is 0 Å². The molecule has 0 saturated carbocycles. The third kappa shape index (κ3) is 6.23. The molecular formula is C23H33N5O5. The Hall–Kier alpha value is -2.66. The van der Waals surface area contributed by atoms with Gasteiger partial charge in [-0.3, -0.25) is 29.4 Å². The summed E-state index contributed by atoms with van der Waals surface area (Å²) in [4.78, 5) is 52.4. The minimum absolute atomic E-state index is 0.101. The van der Waals surface area contributed by atoms with Crippen LogP contribution < -0.4 is 16.4 Å². The molecule has 2 heterocycles. The van der Waals surface area contributed by atoms with Gasteiger partial charge in [-0.05, 0) is 69.6 Å². The lowest BCUT2D eigenvalue weighted by Gasteiger charge is -2.27. The van der Waals surface area contributed by atoms with Gasteiger partial charge >= 0.3 is 0 Å². The molecule has 0 aromatic heterocycles. The molecule has 0 aliphatic carbocycles. The van der Waals surface area contributed by atoms with E-state index in [9.17, 15) is 19.2 Å². The largest absolute Gasteiger partial charge is 0.395 e. The molecule has 1 aromatic rings. The molecule has 1 unspecified atom stereocenters. The maximum Gasteiger partial charge on any atom is 0.262 e. The summed E-state index contributed by atoms with van der Waals surface area (Å²) in [5.74, 6) is -1.99. The molecule has 2 aliphatic heterocycles. The second kappa shape index (κ2) is 12.0. The minimum atomic E-state index is -0.952. The van der Waals surface area contributed by atoms with E-state index in [-0.39, 0.29) is 25.0 Å². The molecule has 10 nitrogen and oxygen atoms in total. The number of nitrogens with zero attached hydrogens (tertiary/aromatic N) is 2. The van der Waals surface area contributed by atoms with Crippen molar-refractivity contribution in [3.63, 3.8) is 0 Å². The topological polar surface area (TPSA) is 145 Å². The van der Waals surface area contributed by atoms with Gasteiger partial charge in [-0.25, -0.2) is 0 Å². The zero-order chi connectivity index (χ0) is 23.8. The van der Waals surface area contributed by atoms with Crippen LogP contribution in [0, 0.1) is 0 Å². The van der Waals surface area contributed by atoms with Gasteiger partial charge in [-0.2, -0.15) is 0 Å². The smallest absolute Gasteiger partial charge is 0.262 e. The number of nitrogens with two attached hydrogens (primary N) is 1. The molecule has 5 N–H and O–H groups in total. The van der Waals surface area contributed by atoms with E-state index < -0.39 is 29.7 Å². The number of piperidine rings is 1. The van der Waals surface area contributed by atoms with E-state index in [1.165, 1.54) is 0 Å². The molecule has 10 heteroatoms. The quantitative estimate of drug-likeness (QED) is 0.230. The van der Waals surface area contributed by atoms with Crippen molar-refractivity contribution >= 4 is 23.6 Å². The van der Waals surface area contributed by atoms with Gasteiger partial charge in [0.2, 0.25) is 11.8 Å². The number of carbonyl (C=O) groups excluding carboxylic acids is 4. The molecule has 0 bridgehead atoms. The van der Waals surface area contributed by atoms with Gasteiger partial charge in [0.05, 0.1) is 17.7 Å². The van der Waals surface area contributed by atoms with Crippen LogP contribution in [0.2, 0.25) is 0 Å². The lowest BCUT2D eigenvalue weighted by molar-refractivity contribution is -0.136. The number of amides is 4. The van der Waals surface area contributed by atoms with Crippen molar-refractivity contribution in [2.75, 3.05) is 39.3 Å². The first-order chi connectivity index (χ1) is 16.0. The first-order valence-corrected chi connectivity index (χ1v) is 11.5. The van der Waals surface area contributed by atoms with Crippen LogP contribution in [0.5, 0.6) is 0 Å². The molecule has 1 fully saturated rings. The highest BCUT2D eigenvalue weighted by Gasteiger charge is 2.44. The number of hydrogen-bond acceptors (Lipinski definition) is 8. The Morgan fingerprint density at radius 3 is 2.55 bits per heavy atom. The Bertz CT molecular complexity index is 890. The van der Waals surface area contributed by atoms with Gasteiger partial charge in [0, 0.05) is 19.5 Å². The number of aliphatic hydroxyl groups is 1. The van der Waals surface area contributed by atoms with Gasteiger partial charge in [0.1, 0.15) is 6.04 Å². The van der Waals surface area contributed by atoms with Crippen LogP contribution in [0.1, 0.15) is 58.4 Å². The standard InChI is InChI=1S/C23H33N5O5/c24-8-3-11-27(12-13-29)10-2-1-9-25-15-16-4-5-17-18(14-16)23(33)28(22(17)32)19-6-7-20(30)26-21(19)31/h4-5,14,19,25,29H,1-3,6-13,15,24H2,(H,26,30,31). The number of aliphatic hydroxyl groups excluding tert-OH is 1. The number of fused-ring (bicyclic) bond motifs is 1. The minimum Gasteiger partial charge on any atom is -0.395 e. The third-order valence-corrected chi connectivity index (χ3v) is 6.01. The van der Waals surface area contributed by atoms with E-state index in [1.807, 2.05) is 0 Å². The maximum atomic E-state index is 12.9. The summed E-state index contributed by atoms with van der Waals surface area (Å²) in [6.45, 7) is 4.60. The van der Waals surface area contributed by atoms with Gasteiger partial charge < -0.3 is 21.1 Å². The molecule has 3 rings (SSSR count). The van der Waals surface area contributed by atoms with Crippen molar-refractivity contribution in [2.24, 2.45) is 5.73 Å². The number of hydrogen-bond donors (Lipinski definition) is 4. The van der Waals surface area contributed by atoms with E-state index >= 15 is 0 Å². The van der Waals surface area contributed by atoms with Crippen molar-refractivity contribution in [1.82, 2.24) is 20.4 Å². The summed E-state index contributed by atoms with van der Waals surface area (Å²) in [6, 6.07) is 4.18. The van der Waals surface area contributed by atoms with E-state index in [0.29, 0.717) is 25.2 Å². The number of unbranched alkanes of at least 4 members (excludes halogenated alkanes) is 1. The highest BCUT2D eigenvalue weighted by atomic mass is 16.3. The normalized spacial score (nSPS) is 18.3. The van der Waals surface area contributed by atoms with Crippen LogP contribution in [-0.2, 0) is 16.1 Å². The summed E-state index contributed by atoms with van der Waals surface area (Å²) in [5.41, 5.74) is 7.02. The predicted octanol–water partition coefficient (Wildman–Crippen LogP) is -0.399. The lowest BCUT2D eigenvalue weighted by Crippen LogP contribution is -2.54. The first kappa shape index (κ1) is 25.0. The van der Waals surface area contributed by atoms with Crippen LogP contribution >= 0.6 is 0 Å². The van der Waals surface area contributed by atoms with Crippen molar-refractivity contribution in [1.29, 1.82) is 0 Å². The Morgan fingerprint density at radius 2 is 1.82 bits per heavy atom. The van der Waals surface area contributed by atoms with Gasteiger partial charge in [0.15, 0.2) is 0 Å². The van der Waals surface area contributed by atoms with Crippen molar-refractivity contribution in [3.8, 4) is 0 Å². The Labute approximate surface area is 193 Å². The Kier molecular flexibility index (Phi) is 9.07. The molecule has 1 aromatic carbocycles. The number of carbonyl (C=O) groups is 4. The zero-order valence-electron chi connectivity index (χ0n) is 18.8. The number of imide groups is 2. The average molecular weight is 460 g/mol. The van der Waals surface area contributed by atoms with Crippen LogP contribution in [-0.4, -0.2) is 83.9 Å². The molecule has 2 aliphatic rings. The SMILES string of the molecule is NCCCN(CCO)CCCCNCc1ccc2c(c1)C(=O)N(C1CCC(=O)NC1=O)C2=O. The number of benzene rings is 1. The van der Waals surface area contributed by atoms with Crippen molar-refractivity contribution < 1.29 is 24.3 Å². The lowest BCUT2D eigenvalue weighted by atomic mass is 10.0. The third-order valence-electron chi connectivity index (χ3n) is 6.01. The molecule has 1 saturated heterocycles. The van der Waals surface area contributed by atoms with E-state index in [2.05, 4.69) is 15.5 Å². The highest BCUT2D eigenvalue weighted by molar-refractivity contribution is 6.23. The molecule has 180 valence electrons. The first-order valence-electron chi connectivity index (χ1n) is 11.5. The van der Waals surface area contributed by atoms with Gasteiger partial charge in [0.25, 0.3) is 11.8 Å². The van der Waals surface area contributed by atoms with Crippen LogP contribution in [0.15, 0.2) is 18.2 Å². The summed E-state index contributed by atoms with van der Waals surface area (Å²) < 4.78 is 0. The summed E-state index contributed by atoms with van der Waals surface area (Å²) in [6.07, 6.45) is 3.13. The fourth-order valence-electron chi connectivity index (χ4n) is 4.24. The monoisotopic (exact) mass is 459 g/mol. The Balaban J connectivity index is 1.48. The number of nitrogens with one attached hydrogen (secondary N) is 2. The molecule has 0 spiro atoms. The number of rotatable bonds is 13. The Morgan fingerprint density at radius 1 is 1.06 bits per heavy atom. The van der Waals surface area contributed by atoms with Crippen LogP contribution in [0.4, 0.5) is 0 Å². The molecule has 4 amide bonds. The van der Waals surface area contributed by atoms with Crippen LogP contribution in [0.3, 0.4) is 0 Å². The average Bonchev–Trinajstić information content (AvgIpc) is 3.04. The van der Waals surface area contributed by atoms with Crippen LogP contribution in [0.25, 0.3) is 0 Å². The van der Waals surface area contributed by atoms with Gasteiger partial charge in [-0.1, -0.05) is 6.07 Å². The fourth-order valence-corrected chi connectivity index (χ4v) is 4.24. The summed E-state index contributed by atoms with van der Waals surface area (Å²) in [7, 11) is 0. The summed E-state index contributed by atoms with van der Waals surface area (Å²) in [5, 5.41) is 14.7. The van der Waals surface area contributed by atoms with Crippen molar-refractivity contribution in [2.45, 2.75) is 44.7 Å². The fraction of sp³-hybridized carbons (Fsp3) is 0.565.